The molecule has 3 aromatic rings. The van der Waals surface area contributed by atoms with E-state index in [4.69, 9.17) is 4.42 Å². The molecule has 1 aromatic carbocycles. The van der Waals surface area contributed by atoms with Crippen LogP contribution < -0.4 is 10.6 Å². The molecular formula is C19H20N4O2. The summed E-state index contributed by atoms with van der Waals surface area (Å²) in [6.07, 6.45) is 1.57. The topological polar surface area (TPSA) is 80.0 Å². The molecule has 2 aromatic heterocycles. The Balaban J connectivity index is 1.76. The summed E-state index contributed by atoms with van der Waals surface area (Å²) >= 11 is 0. The van der Waals surface area contributed by atoms with Gasteiger partial charge in [0, 0.05) is 11.8 Å². The van der Waals surface area contributed by atoms with Crippen molar-refractivity contribution in [2.45, 2.75) is 27.3 Å². The fraction of sp³-hybridized carbons (Fsp3) is 0.211. The standard InChI is InChI=1S/C19H20N4O2/c1-12-7-13(2)9-15(8-12)23-18-10-17(21-14(3)22-18)19(24)20-11-16-5-4-6-25-16/h4-10H,11H2,1-3H3,(H,20,24)(H,21,22,23). The van der Waals surface area contributed by atoms with Crippen molar-refractivity contribution >= 4 is 17.4 Å². The molecule has 6 heteroatoms. The fourth-order valence-electron chi connectivity index (χ4n) is 2.61. The summed E-state index contributed by atoms with van der Waals surface area (Å²) in [5.74, 6) is 1.52. The molecule has 0 saturated heterocycles. The molecule has 0 spiro atoms. The van der Waals surface area contributed by atoms with Crippen LogP contribution in [0.3, 0.4) is 0 Å². The number of nitrogens with one attached hydrogen (secondary N) is 2. The predicted molar refractivity (Wildman–Crippen MR) is 95.8 cm³/mol. The van der Waals surface area contributed by atoms with Crippen LogP contribution in [-0.2, 0) is 6.54 Å². The fourth-order valence-corrected chi connectivity index (χ4v) is 2.61. The van der Waals surface area contributed by atoms with Crippen molar-refractivity contribution in [3.63, 3.8) is 0 Å². The second-order valence-corrected chi connectivity index (χ2v) is 5.95. The van der Waals surface area contributed by atoms with Gasteiger partial charge in [-0.1, -0.05) is 6.07 Å². The van der Waals surface area contributed by atoms with Crippen molar-refractivity contribution < 1.29 is 9.21 Å². The minimum absolute atomic E-state index is 0.273. The van der Waals surface area contributed by atoms with Crippen LogP contribution in [0.25, 0.3) is 0 Å². The number of carbonyl (C=O) groups excluding carboxylic acids is 1. The second kappa shape index (κ2) is 7.17. The molecule has 0 aliphatic heterocycles. The van der Waals surface area contributed by atoms with E-state index in [1.54, 1.807) is 31.4 Å². The molecule has 0 unspecified atom stereocenters. The summed E-state index contributed by atoms with van der Waals surface area (Å²) in [6.45, 7) is 6.15. The van der Waals surface area contributed by atoms with Gasteiger partial charge < -0.3 is 15.1 Å². The highest BCUT2D eigenvalue weighted by atomic mass is 16.3. The maximum absolute atomic E-state index is 12.3. The molecule has 0 atom stereocenters. The number of furan rings is 1. The van der Waals surface area contributed by atoms with E-state index in [0.29, 0.717) is 29.6 Å². The molecule has 0 aliphatic carbocycles. The SMILES string of the molecule is Cc1cc(C)cc(Nc2cc(C(=O)NCc3ccco3)nc(C)n2)c1. The van der Waals surface area contributed by atoms with Crippen LogP contribution in [0.1, 0.15) is 33.2 Å². The lowest BCUT2D eigenvalue weighted by Gasteiger charge is -2.10. The lowest BCUT2D eigenvalue weighted by molar-refractivity contribution is 0.0942. The number of benzene rings is 1. The summed E-state index contributed by atoms with van der Waals surface area (Å²) in [5, 5.41) is 6.03. The first-order chi connectivity index (χ1) is 12.0. The molecule has 1 amide bonds. The maximum Gasteiger partial charge on any atom is 0.270 e. The van der Waals surface area contributed by atoms with Crippen LogP contribution in [0.15, 0.2) is 47.1 Å². The third-order valence-electron chi connectivity index (χ3n) is 3.57. The van der Waals surface area contributed by atoms with Gasteiger partial charge in [0.25, 0.3) is 5.91 Å². The van der Waals surface area contributed by atoms with Crippen LogP contribution in [0.2, 0.25) is 0 Å². The number of anilines is 2. The number of nitrogens with zero attached hydrogens (tertiary/aromatic N) is 2. The van der Waals surface area contributed by atoms with Crippen molar-refractivity contribution in [2.75, 3.05) is 5.32 Å². The van der Waals surface area contributed by atoms with Gasteiger partial charge in [-0.05, 0) is 56.2 Å². The van der Waals surface area contributed by atoms with Crippen LogP contribution in [0.4, 0.5) is 11.5 Å². The highest BCUT2D eigenvalue weighted by Crippen LogP contribution is 2.19. The summed E-state index contributed by atoms with van der Waals surface area (Å²) in [4.78, 5) is 20.9. The number of rotatable bonds is 5. The van der Waals surface area contributed by atoms with E-state index in [1.807, 2.05) is 26.0 Å². The Morgan fingerprint density at radius 2 is 1.84 bits per heavy atom. The summed E-state index contributed by atoms with van der Waals surface area (Å²) in [7, 11) is 0. The lowest BCUT2D eigenvalue weighted by Crippen LogP contribution is -2.24. The van der Waals surface area contributed by atoms with E-state index >= 15 is 0 Å². The van der Waals surface area contributed by atoms with Crippen LogP contribution in [0, 0.1) is 20.8 Å². The molecule has 0 saturated carbocycles. The monoisotopic (exact) mass is 336 g/mol. The van der Waals surface area contributed by atoms with E-state index in [1.165, 1.54) is 0 Å². The van der Waals surface area contributed by atoms with Crippen LogP contribution in [0.5, 0.6) is 0 Å². The van der Waals surface area contributed by atoms with Crippen molar-refractivity contribution in [3.8, 4) is 0 Å². The van der Waals surface area contributed by atoms with E-state index in [0.717, 1.165) is 16.8 Å². The number of carbonyl (C=O) groups is 1. The number of amides is 1. The zero-order chi connectivity index (χ0) is 17.8. The molecule has 128 valence electrons. The minimum atomic E-state index is -0.273. The average Bonchev–Trinajstić information content (AvgIpc) is 3.04. The van der Waals surface area contributed by atoms with Gasteiger partial charge in [0.05, 0.1) is 12.8 Å². The highest BCUT2D eigenvalue weighted by Gasteiger charge is 2.11. The van der Waals surface area contributed by atoms with E-state index in [2.05, 4.69) is 26.7 Å². The Morgan fingerprint density at radius 3 is 2.52 bits per heavy atom. The number of hydrogen-bond acceptors (Lipinski definition) is 5. The zero-order valence-corrected chi connectivity index (χ0v) is 14.5. The molecule has 0 fully saturated rings. The average molecular weight is 336 g/mol. The summed E-state index contributed by atoms with van der Waals surface area (Å²) in [5.41, 5.74) is 3.55. The van der Waals surface area contributed by atoms with Gasteiger partial charge >= 0.3 is 0 Å². The Labute approximate surface area is 146 Å². The van der Waals surface area contributed by atoms with Gasteiger partial charge in [0.1, 0.15) is 23.1 Å². The maximum atomic E-state index is 12.3. The summed E-state index contributed by atoms with van der Waals surface area (Å²) in [6, 6.07) is 11.4. The predicted octanol–water partition coefficient (Wildman–Crippen LogP) is 3.67. The first kappa shape index (κ1) is 16.7. The Morgan fingerprint density at radius 1 is 1.08 bits per heavy atom. The molecular weight excluding hydrogens is 316 g/mol. The largest absolute Gasteiger partial charge is 0.467 e. The lowest BCUT2D eigenvalue weighted by atomic mass is 10.1. The number of hydrogen-bond donors (Lipinski definition) is 2. The normalized spacial score (nSPS) is 10.5. The Hall–Kier alpha value is -3.15. The van der Waals surface area contributed by atoms with E-state index < -0.39 is 0 Å². The molecule has 0 bridgehead atoms. The highest BCUT2D eigenvalue weighted by molar-refractivity contribution is 5.93. The van der Waals surface area contributed by atoms with Gasteiger partial charge in [-0.15, -0.1) is 0 Å². The van der Waals surface area contributed by atoms with Crippen molar-refractivity contribution in [3.05, 3.63) is 71.1 Å². The van der Waals surface area contributed by atoms with Crippen molar-refractivity contribution in [1.29, 1.82) is 0 Å². The van der Waals surface area contributed by atoms with Gasteiger partial charge in [0.15, 0.2) is 0 Å². The Kier molecular flexibility index (Phi) is 4.79. The van der Waals surface area contributed by atoms with Crippen molar-refractivity contribution in [1.82, 2.24) is 15.3 Å². The second-order valence-electron chi connectivity index (χ2n) is 5.95. The third-order valence-corrected chi connectivity index (χ3v) is 3.57. The zero-order valence-electron chi connectivity index (χ0n) is 14.5. The van der Waals surface area contributed by atoms with E-state index in [9.17, 15) is 4.79 Å². The molecule has 0 radical (unpaired) electrons. The third kappa shape index (κ3) is 4.44. The first-order valence-corrected chi connectivity index (χ1v) is 8.01. The molecule has 2 N–H and O–H groups in total. The molecule has 25 heavy (non-hydrogen) atoms. The number of aryl methyl sites for hydroxylation is 3. The first-order valence-electron chi connectivity index (χ1n) is 8.01. The number of aromatic nitrogens is 2. The molecule has 0 aliphatic rings. The quantitative estimate of drug-likeness (QED) is 0.743. The molecule has 3 rings (SSSR count). The van der Waals surface area contributed by atoms with Crippen LogP contribution in [-0.4, -0.2) is 15.9 Å². The molecule has 2 heterocycles. The van der Waals surface area contributed by atoms with Gasteiger partial charge in [-0.2, -0.15) is 0 Å². The smallest absolute Gasteiger partial charge is 0.270 e. The van der Waals surface area contributed by atoms with Gasteiger partial charge in [0.2, 0.25) is 0 Å². The Bertz CT molecular complexity index is 868. The van der Waals surface area contributed by atoms with Gasteiger partial charge in [-0.3, -0.25) is 4.79 Å². The molecule has 6 nitrogen and oxygen atoms in total. The summed E-state index contributed by atoms with van der Waals surface area (Å²) < 4.78 is 5.21. The van der Waals surface area contributed by atoms with Crippen molar-refractivity contribution in [2.24, 2.45) is 0 Å². The van der Waals surface area contributed by atoms with Crippen LogP contribution >= 0.6 is 0 Å². The minimum Gasteiger partial charge on any atom is -0.467 e. The van der Waals surface area contributed by atoms with E-state index in [-0.39, 0.29) is 5.91 Å². The van der Waals surface area contributed by atoms with Gasteiger partial charge in [-0.25, -0.2) is 9.97 Å².